The SMILES string of the molecule is CCC(NC(=O)NCC(O)c1ccc(F)cc1)c1cccs1. The number of urea groups is 1. The molecule has 0 saturated carbocycles. The first-order chi connectivity index (χ1) is 10.6. The summed E-state index contributed by atoms with van der Waals surface area (Å²) >= 11 is 1.59. The van der Waals surface area contributed by atoms with E-state index in [2.05, 4.69) is 10.6 Å². The van der Waals surface area contributed by atoms with E-state index in [0.717, 1.165) is 11.3 Å². The summed E-state index contributed by atoms with van der Waals surface area (Å²) in [6.45, 7) is 2.07. The fraction of sp³-hybridized carbons (Fsp3) is 0.312. The van der Waals surface area contributed by atoms with Crippen LogP contribution < -0.4 is 10.6 Å². The first-order valence-corrected chi connectivity index (χ1v) is 7.99. The van der Waals surface area contributed by atoms with Crippen molar-refractivity contribution in [2.45, 2.75) is 25.5 Å². The number of benzene rings is 1. The van der Waals surface area contributed by atoms with E-state index in [9.17, 15) is 14.3 Å². The van der Waals surface area contributed by atoms with Crippen molar-refractivity contribution >= 4 is 17.4 Å². The Bertz CT molecular complexity index is 587. The van der Waals surface area contributed by atoms with E-state index in [-0.39, 0.29) is 24.4 Å². The molecule has 0 spiro atoms. The van der Waals surface area contributed by atoms with E-state index in [1.54, 1.807) is 11.3 Å². The Kier molecular flexibility index (Phi) is 5.91. The zero-order chi connectivity index (χ0) is 15.9. The van der Waals surface area contributed by atoms with Gasteiger partial charge in [-0.2, -0.15) is 0 Å². The minimum absolute atomic E-state index is 0.0389. The number of hydrogen-bond donors (Lipinski definition) is 3. The van der Waals surface area contributed by atoms with Crippen LogP contribution in [0.2, 0.25) is 0 Å². The molecule has 6 heteroatoms. The van der Waals surface area contributed by atoms with Gasteiger partial charge in [-0.25, -0.2) is 9.18 Å². The van der Waals surface area contributed by atoms with Gasteiger partial charge in [-0.1, -0.05) is 25.1 Å². The lowest BCUT2D eigenvalue weighted by Gasteiger charge is -2.17. The van der Waals surface area contributed by atoms with Gasteiger partial charge in [-0.15, -0.1) is 11.3 Å². The van der Waals surface area contributed by atoms with Crippen LogP contribution in [0.4, 0.5) is 9.18 Å². The summed E-state index contributed by atoms with van der Waals surface area (Å²) in [5.74, 6) is -0.358. The number of thiophene rings is 1. The highest BCUT2D eigenvalue weighted by molar-refractivity contribution is 7.10. The minimum atomic E-state index is -0.867. The Labute approximate surface area is 133 Å². The molecule has 2 amide bonds. The van der Waals surface area contributed by atoms with Crippen molar-refractivity contribution < 1.29 is 14.3 Å². The van der Waals surface area contributed by atoms with Crippen molar-refractivity contribution in [1.82, 2.24) is 10.6 Å². The zero-order valence-corrected chi connectivity index (χ0v) is 13.1. The molecule has 118 valence electrons. The number of carbonyl (C=O) groups is 1. The lowest BCUT2D eigenvalue weighted by Crippen LogP contribution is -2.39. The van der Waals surface area contributed by atoms with Crippen LogP contribution in [0.25, 0.3) is 0 Å². The Hall–Kier alpha value is -1.92. The third-order valence-electron chi connectivity index (χ3n) is 3.31. The van der Waals surface area contributed by atoms with E-state index >= 15 is 0 Å². The largest absolute Gasteiger partial charge is 0.387 e. The fourth-order valence-corrected chi connectivity index (χ4v) is 2.93. The molecular weight excluding hydrogens is 303 g/mol. The number of halogens is 1. The molecule has 0 aliphatic carbocycles. The van der Waals surface area contributed by atoms with Crippen molar-refractivity contribution in [3.05, 3.63) is 58.0 Å². The van der Waals surface area contributed by atoms with Crippen LogP contribution in [0, 0.1) is 5.82 Å². The summed E-state index contributed by atoms with van der Waals surface area (Å²) in [5.41, 5.74) is 0.562. The Morgan fingerprint density at radius 3 is 2.64 bits per heavy atom. The Morgan fingerprint density at radius 1 is 1.32 bits per heavy atom. The van der Waals surface area contributed by atoms with Crippen LogP contribution in [0.3, 0.4) is 0 Å². The molecular formula is C16H19FN2O2S. The van der Waals surface area contributed by atoms with E-state index in [4.69, 9.17) is 0 Å². The summed E-state index contributed by atoms with van der Waals surface area (Å²) in [4.78, 5) is 13.0. The predicted molar refractivity (Wildman–Crippen MR) is 85.2 cm³/mol. The van der Waals surface area contributed by atoms with Gasteiger partial charge < -0.3 is 15.7 Å². The summed E-state index contributed by atoms with van der Waals surface area (Å²) in [7, 11) is 0. The Morgan fingerprint density at radius 2 is 2.05 bits per heavy atom. The van der Waals surface area contributed by atoms with Crippen LogP contribution in [-0.2, 0) is 0 Å². The van der Waals surface area contributed by atoms with E-state index in [1.807, 2.05) is 24.4 Å². The van der Waals surface area contributed by atoms with Crippen LogP contribution in [-0.4, -0.2) is 17.7 Å². The highest BCUT2D eigenvalue weighted by Gasteiger charge is 2.14. The normalized spacial score (nSPS) is 13.4. The number of aliphatic hydroxyl groups is 1. The third-order valence-corrected chi connectivity index (χ3v) is 4.30. The van der Waals surface area contributed by atoms with Crippen LogP contribution in [0.15, 0.2) is 41.8 Å². The second-order valence-electron chi connectivity index (χ2n) is 4.90. The van der Waals surface area contributed by atoms with Gasteiger partial charge in [-0.05, 0) is 35.6 Å². The summed E-state index contributed by atoms with van der Waals surface area (Å²) in [6.07, 6.45) is -0.0813. The zero-order valence-electron chi connectivity index (χ0n) is 12.3. The van der Waals surface area contributed by atoms with Crippen molar-refractivity contribution in [3.63, 3.8) is 0 Å². The number of hydrogen-bond acceptors (Lipinski definition) is 3. The molecule has 4 nitrogen and oxygen atoms in total. The number of carbonyl (C=O) groups excluding carboxylic acids is 1. The second-order valence-corrected chi connectivity index (χ2v) is 5.88. The quantitative estimate of drug-likeness (QED) is 0.763. The highest BCUT2D eigenvalue weighted by Crippen LogP contribution is 2.21. The summed E-state index contributed by atoms with van der Waals surface area (Å²) in [6, 6.07) is 9.11. The van der Waals surface area contributed by atoms with Crippen LogP contribution in [0.5, 0.6) is 0 Å². The first-order valence-electron chi connectivity index (χ1n) is 7.11. The molecule has 0 fully saturated rings. The van der Waals surface area contributed by atoms with E-state index in [1.165, 1.54) is 24.3 Å². The molecule has 0 saturated heterocycles. The molecule has 0 aliphatic rings. The van der Waals surface area contributed by atoms with E-state index < -0.39 is 6.10 Å². The molecule has 1 aromatic heterocycles. The second kappa shape index (κ2) is 7.91. The maximum Gasteiger partial charge on any atom is 0.315 e. The van der Waals surface area contributed by atoms with Gasteiger partial charge in [0.05, 0.1) is 12.1 Å². The molecule has 2 unspecified atom stereocenters. The number of nitrogens with one attached hydrogen (secondary N) is 2. The van der Waals surface area contributed by atoms with E-state index in [0.29, 0.717) is 5.56 Å². The van der Waals surface area contributed by atoms with Gasteiger partial charge in [0.1, 0.15) is 5.82 Å². The molecule has 2 rings (SSSR count). The number of amides is 2. The third kappa shape index (κ3) is 4.54. The molecule has 1 heterocycles. The molecule has 1 aromatic carbocycles. The topological polar surface area (TPSA) is 61.4 Å². The summed E-state index contributed by atoms with van der Waals surface area (Å²) in [5, 5.41) is 17.4. The molecule has 0 bridgehead atoms. The monoisotopic (exact) mass is 322 g/mol. The molecule has 2 atom stereocenters. The first kappa shape index (κ1) is 16.5. The Balaban J connectivity index is 1.83. The van der Waals surface area contributed by atoms with Crippen LogP contribution >= 0.6 is 11.3 Å². The molecule has 0 aliphatic heterocycles. The molecule has 3 N–H and O–H groups in total. The van der Waals surface area contributed by atoms with Gasteiger partial charge in [-0.3, -0.25) is 0 Å². The summed E-state index contributed by atoms with van der Waals surface area (Å²) < 4.78 is 12.8. The van der Waals surface area contributed by atoms with Crippen molar-refractivity contribution in [2.24, 2.45) is 0 Å². The van der Waals surface area contributed by atoms with Gasteiger partial charge in [0.2, 0.25) is 0 Å². The number of rotatable bonds is 6. The smallest absolute Gasteiger partial charge is 0.315 e. The van der Waals surface area contributed by atoms with Gasteiger partial charge >= 0.3 is 6.03 Å². The van der Waals surface area contributed by atoms with Gasteiger partial charge in [0, 0.05) is 11.4 Å². The molecule has 2 aromatic rings. The highest BCUT2D eigenvalue weighted by atomic mass is 32.1. The van der Waals surface area contributed by atoms with Gasteiger partial charge in [0.15, 0.2) is 0 Å². The average Bonchev–Trinajstić information content (AvgIpc) is 3.05. The lowest BCUT2D eigenvalue weighted by molar-refractivity contribution is 0.172. The minimum Gasteiger partial charge on any atom is -0.387 e. The maximum atomic E-state index is 12.8. The molecule has 0 radical (unpaired) electrons. The lowest BCUT2D eigenvalue weighted by atomic mass is 10.1. The standard InChI is InChI=1S/C16H19FN2O2S/c1-2-13(15-4-3-9-22-15)19-16(21)18-10-14(20)11-5-7-12(17)8-6-11/h3-9,13-14,20H,2,10H2,1H3,(H2,18,19,21). The van der Waals surface area contributed by atoms with Crippen LogP contribution in [0.1, 0.15) is 35.9 Å². The van der Waals surface area contributed by atoms with Crippen molar-refractivity contribution in [3.8, 4) is 0 Å². The van der Waals surface area contributed by atoms with Gasteiger partial charge in [0.25, 0.3) is 0 Å². The predicted octanol–water partition coefficient (Wildman–Crippen LogP) is 3.37. The fourth-order valence-electron chi connectivity index (χ4n) is 2.07. The van der Waals surface area contributed by atoms with Crippen molar-refractivity contribution in [1.29, 1.82) is 0 Å². The maximum absolute atomic E-state index is 12.8. The average molecular weight is 322 g/mol. The van der Waals surface area contributed by atoms with Crippen molar-refractivity contribution in [2.75, 3.05) is 6.54 Å². The number of aliphatic hydroxyl groups excluding tert-OH is 1. The molecule has 22 heavy (non-hydrogen) atoms.